The molecule has 0 spiro atoms. The molecule has 0 saturated carbocycles. The third kappa shape index (κ3) is 5.95. The number of hydrogen-bond donors (Lipinski definition) is 2. The molecule has 0 atom stereocenters. The Labute approximate surface area is 234 Å². The van der Waals surface area contributed by atoms with Crippen molar-refractivity contribution in [2.24, 2.45) is 0 Å². The number of aryl methyl sites for hydroxylation is 1. The van der Waals surface area contributed by atoms with E-state index in [1.807, 2.05) is 23.5 Å². The molecule has 0 bridgehead atoms. The largest absolute Gasteiger partial charge is 0.378 e. The van der Waals surface area contributed by atoms with E-state index in [9.17, 15) is 5.11 Å². The summed E-state index contributed by atoms with van der Waals surface area (Å²) in [6, 6.07) is 27.5. The van der Waals surface area contributed by atoms with Gasteiger partial charge in [-0.15, -0.1) is 29.4 Å². The van der Waals surface area contributed by atoms with E-state index in [2.05, 4.69) is 96.0 Å². The van der Waals surface area contributed by atoms with Crippen LogP contribution in [-0.2, 0) is 12.0 Å². The van der Waals surface area contributed by atoms with Gasteiger partial charge in [0.05, 0.1) is 10.6 Å². The predicted molar refractivity (Wildman–Crippen MR) is 162 cm³/mol. The van der Waals surface area contributed by atoms with E-state index < -0.39 is 5.60 Å². The van der Waals surface area contributed by atoms with Crippen LogP contribution in [0.5, 0.6) is 0 Å². The number of benzene rings is 3. The van der Waals surface area contributed by atoms with Gasteiger partial charge in [0.15, 0.2) is 0 Å². The monoisotopic (exact) mass is 545 g/mol. The van der Waals surface area contributed by atoms with Crippen molar-refractivity contribution in [3.05, 3.63) is 95.6 Å². The van der Waals surface area contributed by atoms with Crippen LogP contribution in [0, 0.1) is 11.8 Å². The molecular weight excluding hydrogens is 511 g/mol. The Kier molecular flexibility index (Phi) is 9.28. The van der Waals surface area contributed by atoms with Crippen molar-refractivity contribution >= 4 is 35.3 Å². The molecule has 0 amide bonds. The van der Waals surface area contributed by atoms with Gasteiger partial charge in [-0.1, -0.05) is 84.4 Å². The molecule has 2 aliphatic rings. The molecule has 2 N–H and O–H groups in total. The number of fused-ring (bicyclic) bond motifs is 2. The first-order chi connectivity index (χ1) is 18.2. The maximum absolute atomic E-state index is 12.7. The van der Waals surface area contributed by atoms with Crippen molar-refractivity contribution < 1.29 is 5.11 Å². The summed E-state index contributed by atoms with van der Waals surface area (Å²) in [6.45, 7) is 1.73. The summed E-state index contributed by atoms with van der Waals surface area (Å²) in [4.78, 5) is 2.33. The van der Waals surface area contributed by atoms with Crippen molar-refractivity contribution in [3.8, 4) is 11.8 Å². The molecule has 192 valence electrons. The molecule has 2 heterocycles. The third-order valence-corrected chi connectivity index (χ3v) is 11.9. The van der Waals surface area contributed by atoms with E-state index >= 15 is 0 Å². The number of unbranched alkanes of at least 4 members (excludes halogenated alkanes) is 1. The van der Waals surface area contributed by atoms with Crippen LogP contribution < -0.4 is 5.32 Å². The summed E-state index contributed by atoms with van der Waals surface area (Å²) < 4.78 is -0.349. The summed E-state index contributed by atoms with van der Waals surface area (Å²) in [7, 11) is 0. The van der Waals surface area contributed by atoms with Crippen molar-refractivity contribution in [2.45, 2.75) is 58.0 Å². The van der Waals surface area contributed by atoms with Crippen LogP contribution in [-0.4, -0.2) is 33.8 Å². The summed E-state index contributed by atoms with van der Waals surface area (Å²) in [5, 5.41) is 16.2. The number of nitrogens with one attached hydrogen (secondary N) is 1. The fraction of sp³-hybridized carbons (Fsp3) is 0.375. The normalized spacial score (nSPS) is 17.2. The molecule has 1 saturated heterocycles. The maximum Gasteiger partial charge on any atom is 0.140 e. The van der Waals surface area contributed by atoms with Gasteiger partial charge in [-0.25, -0.2) is 0 Å². The van der Waals surface area contributed by atoms with Gasteiger partial charge in [-0.05, 0) is 67.9 Å². The topological polar surface area (TPSA) is 32.3 Å². The zero-order valence-corrected chi connectivity index (χ0v) is 23.7. The van der Waals surface area contributed by atoms with Crippen molar-refractivity contribution in [2.75, 3.05) is 24.6 Å². The predicted octanol–water partition coefficient (Wildman–Crippen LogP) is 7.35. The molecule has 37 heavy (non-hydrogen) atoms. The lowest BCUT2D eigenvalue weighted by Gasteiger charge is -2.51. The second-order valence-corrected chi connectivity index (χ2v) is 13.7. The van der Waals surface area contributed by atoms with Gasteiger partial charge < -0.3 is 10.4 Å². The summed E-state index contributed by atoms with van der Waals surface area (Å²) in [5.74, 6) is 8.91. The molecule has 0 radical (unpaired) electrons. The molecule has 3 aromatic rings. The van der Waals surface area contributed by atoms with E-state index in [0.29, 0.717) is 0 Å². The molecule has 0 unspecified atom stereocenters. The molecule has 5 rings (SSSR count). The molecule has 0 aromatic heterocycles. The van der Waals surface area contributed by atoms with Crippen molar-refractivity contribution in [1.82, 2.24) is 5.32 Å². The Morgan fingerprint density at radius 3 is 2.14 bits per heavy atom. The van der Waals surface area contributed by atoms with E-state index in [-0.39, 0.29) is 4.08 Å². The van der Waals surface area contributed by atoms with E-state index in [1.165, 1.54) is 18.4 Å². The fourth-order valence-corrected chi connectivity index (χ4v) is 10.0. The maximum atomic E-state index is 12.7. The van der Waals surface area contributed by atoms with Crippen LogP contribution in [0.4, 0.5) is 0 Å². The first kappa shape index (κ1) is 26.8. The number of thioether (sulfide) groups is 2. The minimum atomic E-state index is -1.04. The van der Waals surface area contributed by atoms with Gasteiger partial charge >= 0.3 is 0 Å². The van der Waals surface area contributed by atoms with Gasteiger partial charge in [0.1, 0.15) is 5.60 Å². The fourth-order valence-electron chi connectivity index (χ4n) is 5.24. The lowest BCUT2D eigenvalue weighted by Crippen LogP contribution is -2.51. The minimum absolute atomic E-state index is 0.349. The highest BCUT2D eigenvalue weighted by Gasteiger charge is 2.56. The van der Waals surface area contributed by atoms with Gasteiger partial charge in [0.25, 0.3) is 0 Å². The van der Waals surface area contributed by atoms with Crippen LogP contribution in [0.15, 0.2) is 88.7 Å². The van der Waals surface area contributed by atoms with Crippen molar-refractivity contribution in [1.29, 1.82) is 0 Å². The quantitative estimate of drug-likeness (QED) is 0.217. The Morgan fingerprint density at radius 1 is 0.784 bits per heavy atom. The van der Waals surface area contributed by atoms with Crippen molar-refractivity contribution in [3.63, 3.8) is 0 Å². The highest BCUT2D eigenvalue weighted by molar-refractivity contribution is 8.18. The van der Waals surface area contributed by atoms with Gasteiger partial charge in [0, 0.05) is 27.3 Å². The molecule has 3 aromatic carbocycles. The molecule has 0 aliphatic carbocycles. The van der Waals surface area contributed by atoms with Crippen LogP contribution >= 0.6 is 35.3 Å². The smallest absolute Gasteiger partial charge is 0.140 e. The lowest BCUT2D eigenvalue weighted by molar-refractivity contribution is 0.0578. The molecule has 1 fully saturated rings. The Bertz CT molecular complexity index is 1180. The third-order valence-electron chi connectivity index (χ3n) is 7.11. The first-order valence-electron chi connectivity index (χ1n) is 13.3. The van der Waals surface area contributed by atoms with Gasteiger partial charge in [-0.3, -0.25) is 0 Å². The zero-order valence-electron chi connectivity index (χ0n) is 21.2. The average molecular weight is 546 g/mol. The zero-order chi connectivity index (χ0) is 25.4. The number of rotatable bonds is 9. The molecular formula is C32H35NOS3. The van der Waals surface area contributed by atoms with E-state index in [1.54, 1.807) is 11.8 Å². The Hall–Kier alpha value is -1.81. The van der Waals surface area contributed by atoms with Crippen LogP contribution in [0.2, 0.25) is 0 Å². The Morgan fingerprint density at radius 2 is 1.43 bits per heavy atom. The Balaban J connectivity index is 1.22. The molecule has 2 nitrogen and oxygen atoms in total. The van der Waals surface area contributed by atoms with E-state index in [4.69, 9.17) is 0 Å². The summed E-state index contributed by atoms with van der Waals surface area (Å²) in [5.41, 5.74) is 2.47. The second-order valence-electron chi connectivity index (χ2n) is 9.58. The first-order valence-corrected chi connectivity index (χ1v) is 16.1. The van der Waals surface area contributed by atoms with Gasteiger partial charge in [-0.2, -0.15) is 0 Å². The van der Waals surface area contributed by atoms with E-state index in [0.717, 1.165) is 71.2 Å². The second kappa shape index (κ2) is 12.8. The minimum Gasteiger partial charge on any atom is -0.378 e. The highest BCUT2D eigenvalue weighted by Crippen LogP contribution is 2.63. The number of aliphatic hydroxyl groups is 1. The summed E-state index contributed by atoms with van der Waals surface area (Å²) >= 11 is 5.65. The molecule has 2 aliphatic heterocycles. The SMILES string of the molecule is OC1(C2(CCC#CCNCCCCc3ccccc3)SCCCS2)c2ccccc2Sc2ccccc21. The van der Waals surface area contributed by atoms with Crippen LogP contribution in [0.25, 0.3) is 0 Å². The standard InChI is InChI=1S/C32H35NOS3/c34-32(27-17-5-7-19-29(27)37-30-20-8-6-18-28(30)32)31(35-24-13-25-36-31)21-10-2-11-22-33-23-12-9-16-26-14-3-1-4-15-26/h1,3-8,14-15,17-20,33-34H,9-10,12-13,16,21-25H2. The number of hydrogen-bond acceptors (Lipinski definition) is 5. The summed E-state index contributed by atoms with van der Waals surface area (Å²) in [6.07, 6.45) is 6.33. The van der Waals surface area contributed by atoms with Gasteiger partial charge in [0.2, 0.25) is 0 Å². The lowest BCUT2D eigenvalue weighted by atomic mass is 9.80. The highest BCUT2D eigenvalue weighted by atomic mass is 32.2. The average Bonchev–Trinajstić information content (AvgIpc) is 2.95. The van der Waals surface area contributed by atoms with Crippen LogP contribution in [0.1, 0.15) is 48.8 Å². The molecule has 5 heteroatoms. The van der Waals surface area contributed by atoms with Crippen LogP contribution in [0.3, 0.4) is 0 Å².